The third-order valence-electron chi connectivity index (χ3n) is 3.46. The number of pyridine rings is 1. The molecule has 0 spiro atoms. The summed E-state index contributed by atoms with van der Waals surface area (Å²) in [7, 11) is 1.69. The minimum atomic E-state index is 0.755. The number of rotatable bonds is 4. The van der Waals surface area contributed by atoms with E-state index < -0.39 is 0 Å². The van der Waals surface area contributed by atoms with E-state index in [4.69, 9.17) is 4.74 Å². The summed E-state index contributed by atoms with van der Waals surface area (Å²) in [5, 5.41) is 4.64. The molecule has 0 aliphatic heterocycles. The first-order valence-electron chi connectivity index (χ1n) is 6.99. The van der Waals surface area contributed by atoms with E-state index in [9.17, 15) is 0 Å². The lowest BCUT2D eigenvalue weighted by Gasteiger charge is -2.11. The first kappa shape index (κ1) is 13.4. The van der Waals surface area contributed by atoms with Gasteiger partial charge in [-0.05, 0) is 36.8 Å². The third-order valence-corrected chi connectivity index (χ3v) is 3.46. The third kappa shape index (κ3) is 2.97. The zero-order chi connectivity index (χ0) is 14.7. The summed E-state index contributed by atoms with van der Waals surface area (Å²) in [6.07, 6.45) is 0. The van der Waals surface area contributed by atoms with Crippen molar-refractivity contribution in [2.75, 3.05) is 12.4 Å². The van der Waals surface area contributed by atoms with Crippen LogP contribution in [0.5, 0.6) is 5.75 Å². The molecule has 0 bridgehead atoms. The molecular weight excluding hydrogens is 260 g/mol. The van der Waals surface area contributed by atoms with Gasteiger partial charge in [-0.1, -0.05) is 30.3 Å². The lowest BCUT2D eigenvalue weighted by molar-refractivity contribution is 0.414. The van der Waals surface area contributed by atoms with Gasteiger partial charge in [0.1, 0.15) is 5.75 Å². The molecule has 0 unspecified atom stereocenters. The Kier molecular flexibility index (Phi) is 3.73. The van der Waals surface area contributed by atoms with E-state index in [0.717, 1.165) is 34.6 Å². The van der Waals surface area contributed by atoms with Crippen LogP contribution in [-0.4, -0.2) is 12.1 Å². The molecule has 0 aliphatic carbocycles. The number of ether oxygens (including phenoxy) is 1. The Balaban J connectivity index is 1.87. The number of hydrogen-bond donors (Lipinski definition) is 1. The second-order valence-corrected chi connectivity index (χ2v) is 5.03. The Morgan fingerprint density at radius 2 is 1.90 bits per heavy atom. The topological polar surface area (TPSA) is 34.1 Å². The normalized spacial score (nSPS) is 10.6. The molecule has 3 nitrogen and oxygen atoms in total. The van der Waals surface area contributed by atoms with Crippen molar-refractivity contribution in [3.05, 3.63) is 65.9 Å². The van der Waals surface area contributed by atoms with Crippen LogP contribution in [-0.2, 0) is 6.54 Å². The highest BCUT2D eigenvalue weighted by Gasteiger charge is 2.03. The van der Waals surface area contributed by atoms with Crippen LogP contribution in [0.1, 0.15) is 11.3 Å². The van der Waals surface area contributed by atoms with Crippen molar-refractivity contribution in [1.29, 1.82) is 0 Å². The average molecular weight is 278 g/mol. The molecule has 1 heterocycles. The number of hydrogen-bond acceptors (Lipinski definition) is 3. The molecule has 2 aromatic carbocycles. The molecule has 0 aliphatic rings. The second kappa shape index (κ2) is 5.83. The maximum absolute atomic E-state index is 5.26. The fourth-order valence-corrected chi connectivity index (χ4v) is 2.43. The van der Waals surface area contributed by atoms with E-state index in [0.29, 0.717) is 0 Å². The quantitative estimate of drug-likeness (QED) is 0.778. The average Bonchev–Trinajstić information content (AvgIpc) is 2.52. The number of nitrogens with one attached hydrogen (secondary N) is 1. The number of nitrogens with zero attached hydrogens (tertiary/aromatic N) is 1. The van der Waals surface area contributed by atoms with Crippen molar-refractivity contribution in [3.63, 3.8) is 0 Å². The molecule has 0 radical (unpaired) electrons. The van der Waals surface area contributed by atoms with E-state index in [2.05, 4.69) is 28.5 Å². The van der Waals surface area contributed by atoms with Gasteiger partial charge in [0.15, 0.2) is 0 Å². The summed E-state index contributed by atoms with van der Waals surface area (Å²) in [6.45, 7) is 2.77. The minimum Gasteiger partial charge on any atom is -0.497 e. The van der Waals surface area contributed by atoms with Crippen LogP contribution in [0.3, 0.4) is 0 Å². The standard InChI is InChI=1S/C18H18N2O/c1-13-10-18(16-8-3-4-9-17(16)20-13)19-12-14-6-5-7-15(11-14)21-2/h3-11H,12H2,1-2H3,(H,19,20). The van der Waals surface area contributed by atoms with Crippen molar-refractivity contribution in [2.24, 2.45) is 0 Å². The molecule has 0 atom stereocenters. The van der Waals surface area contributed by atoms with E-state index >= 15 is 0 Å². The van der Waals surface area contributed by atoms with E-state index in [1.54, 1.807) is 7.11 Å². The van der Waals surface area contributed by atoms with Crippen molar-refractivity contribution < 1.29 is 4.74 Å². The van der Waals surface area contributed by atoms with Crippen LogP contribution in [0.2, 0.25) is 0 Å². The van der Waals surface area contributed by atoms with Gasteiger partial charge in [0, 0.05) is 23.3 Å². The maximum Gasteiger partial charge on any atom is 0.119 e. The molecule has 1 N–H and O–H groups in total. The van der Waals surface area contributed by atoms with Gasteiger partial charge in [0.05, 0.1) is 12.6 Å². The highest BCUT2D eigenvalue weighted by Crippen LogP contribution is 2.23. The molecule has 0 fully saturated rings. The lowest BCUT2D eigenvalue weighted by Crippen LogP contribution is -2.01. The first-order chi connectivity index (χ1) is 10.3. The Bertz CT molecular complexity index is 768. The van der Waals surface area contributed by atoms with Gasteiger partial charge in [0.2, 0.25) is 0 Å². The Morgan fingerprint density at radius 1 is 1.05 bits per heavy atom. The Hall–Kier alpha value is -2.55. The van der Waals surface area contributed by atoms with Crippen LogP contribution in [0.4, 0.5) is 5.69 Å². The van der Waals surface area contributed by atoms with Gasteiger partial charge >= 0.3 is 0 Å². The van der Waals surface area contributed by atoms with E-state index in [1.165, 1.54) is 5.56 Å². The van der Waals surface area contributed by atoms with Crippen molar-refractivity contribution in [2.45, 2.75) is 13.5 Å². The summed E-state index contributed by atoms with van der Waals surface area (Å²) in [4.78, 5) is 4.56. The number of fused-ring (bicyclic) bond motifs is 1. The molecule has 1 aromatic heterocycles. The number of para-hydroxylation sites is 1. The van der Waals surface area contributed by atoms with Gasteiger partial charge < -0.3 is 10.1 Å². The summed E-state index contributed by atoms with van der Waals surface area (Å²) in [5.41, 5.74) is 4.33. The summed E-state index contributed by atoms with van der Waals surface area (Å²) in [6, 6.07) is 18.4. The smallest absolute Gasteiger partial charge is 0.119 e. The van der Waals surface area contributed by atoms with Crippen molar-refractivity contribution in [3.8, 4) is 5.75 Å². The maximum atomic E-state index is 5.26. The van der Waals surface area contributed by atoms with Crippen molar-refractivity contribution >= 4 is 16.6 Å². The molecule has 106 valence electrons. The van der Waals surface area contributed by atoms with E-state index in [1.807, 2.05) is 43.3 Å². The molecule has 0 saturated carbocycles. The fourth-order valence-electron chi connectivity index (χ4n) is 2.43. The second-order valence-electron chi connectivity index (χ2n) is 5.03. The first-order valence-corrected chi connectivity index (χ1v) is 6.99. The number of aryl methyl sites for hydroxylation is 1. The van der Waals surface area contributed by atoms with E-state index in [-0.39, 0.29) is 0 Å². The minimum absolute atomic E-state index is 0.755. The molecule has 3 aromatic rings. The molecular formula is C18H18N2O. The fraction of sp³-hybridized carbons (Fsp3) is 0.167. The van der Waals surface area contributed by atoms with Crippen LogP contribution in [0.25, 0.3) is 10.9 Å². The van der Waals surface area contributed by atoms with Gasteiger partial charge in [-0.15, -0.1) is 0 Å². The predicted molar refractivity (Wildman–Crippen MR) is 86.8 cm³/mol. The summed E-state index contributed by atoms with van der Waals surface area (Å²) in [5.74, 6) is 0.880. The van der Waals surface area contributed by atoms with Crippen LogP contribution < -0.4 is 10.1 Å². The Labute approximate surface area is 124 Å². The number of anilines is 1. The predicted octanol–water partition coefficient (Wildman–Crippen LogP) is 4.16. The van der Waals surface area contributed by atoms with Crippen molar-refractivity contribution in [1.82, 2.24) is 4.98 Å². The van der Waals surface area contributed by atoms with Gasteiger partial charge in [-0.25, -0.2) is 0 Å². The highest BCUT2D eigenvalue weighted by atomic mass is 16.5. The lowest BCUT2D eigenvalue weighted by atomic mass is 10.1. The SMILES string of the molecule is COc1cccc(CNc2cc(C)nc3ccccc23)c1. The zero-order valence-corrected chi connectivity index (χ0v) is 12.3. The number of benzene rings is 2. The zero-order valence-electron chi connectivity index (χ0n) is 12.3. The number of methoxy groups -OCH3 is 1. The Morgan fingerprint density at radius 3 is 2.76 bits per heavy atom. The van der Waals surface area contributed by atoms with Gasteiger partial charge in [-0.3, -0.25) is 4.98 Å². The largest absolute Gasteiger partial charge is 0.497 e. The monoisotopic (exact) mass is 278 g/mol. The van der Waals surface area contributed by atoms with Crippen LogP contribution >= 0.6 is 0 Å². The van der Waals surface area contributed by atoms with Crippen LogP contribution in [0, 0.1) is 6.92 Å². The molecule has 3 rings (SSSR count). The van der Waals surface area contributed by atoms with Gasteiger partial charge in [-0.2, -0.15) is 0 Å². The van der Waals surface area contributed by atoms with Gasteiger partial charge in [0.25, 0.3) is 0 Å². The summed E-state index contributed by atoms with van der Waals surface area (Å²) < 4.78 is 5.26. The number of aromatic nitrogens is 1. The summed E-state index contributed by atoms with van der Waals surface area (Å²) >= 11 is 0. The van der Waals surface area contributed by atoms with Crippen LogP contribution in [0.15, 0.2) is 54.6 Å². The molecule has 21 heavy (non-hydrogen) atoms. The molecule has 3 heteroatoms. The highest BCUT2D eigenvalue weighted by molar-refractivity contribution is 5.91. The molecule has 0 amide bonds. The molecule has 0 saturated heterocycles.